The fraction of sp³-hybridized carbons (Fsp3) is 0.938. The Morgan fingerprint density at radius 1 is 1.36 bits per heavy atom. The highest BCUT2D eigenvalue weighted by Gasteiger charge is 2.16. The van der Waals surface area contributed by atoms with Crippen molar-refractivity contribution in [2.75, 3.05) is 53.2 Å². The molecular weight excluding hydrogens is 282 g/mol. The molecule has 0 bridgehead atoms. The van der Waals surface area contributed by atoms with Gasteiger partial charge in [0.25, 0.3) is 0 Å². The van der Waals surface area contributed by atoms with Crippen molar-refractivity contribution in [2.24, 2.45) is 10.9 Å². The first-order valence-corrected chi connectivity index (χ1v) is 8.30. The molecule has 1 aliphatic rings. The smallest absolute Gasteiger partial charge is 0.191 e. The van der Waals surface area contributed by atoms with Crippen molar-refractivity contribution in [1.29, 1.82) is 0 Å². The molecule has 1 atom stereocenters. The third kappa shape index (κ3) is 8.56. The largest absolute Gasteiger partial charge is 0.381 e. The first-order chi connectivity index (χ1) is 10.6. The predicted octanol–water partition coefficient (Wildman–Crippen LogP) is 1.41. The molecule has 0 radical (unpaired) electrons. The Hall–Kier alpha value is -0.850. The normalized spacial score (nSPS) is 19.5. The Labute approximate surface area is 135 Å². The first-order valence-electron chi connectivity index (χ1n) is 8.30. The molecule has 130 valence electrons. The minimum absolute atomic E-state index is 0.241. The molecule has 1 fully saturated rings. The third-order valence-electron chi connectivity index (χ3n) is 3.65. The summed E-state index contributed by atoms with van der Waals surface area (Å²) in [4.78, 5) is 4.55. The standard InChI is InChI=1S/C16H33N3O3/c1-5-17-15(19-13-16(2,3)20-4)18-8-6-9-21-11-14-7-10-22-12-14/h14H,5-13H2,1-4H3,(H2,17,18,19). The molecule has 1 aliphatic heterocycles. The lowest BCUT2D eigenvalue weighted by molar-refractivity contribution is 0.0310. The van der Waals surface area contributed by atoms with E-state index in [9.17, 15) is 0 Å². The molecule has 0 aromatic heterocycles. The van der Waals surface area contributed by atoms with Crippen LogP contribution in [0.25, 0.3) is 0 Å². The van der Waals surface area contributed by atoms with Crippen molar-refractivity contribution in [1.82, 2.24) is 10.6 Å². The van der Waals surface area contributed by atoms with E-state index in [-0.39, 0.29) is 5.60 Å². The maximum absolute atomic E-state index is 5.69. The van der Waals surface area contributed by atoms with Gasteiger partial charge in [-0.15, -0.1) is 0 Å². The van der Waals surface area contributed by atoms with Crippen LogP contribution in [0.2, 0.25) is 0 Å². The Balaban J connectivity index is 2.13. The van der Waals surface area contributed by atoms with Crippen molar-refractivity contribution in [3.05, 3.63) is 0 Å². The molecule has 0 spiro atoms. The Morgan fingerprint density at radius 3 is 2.82 bits per heavy atom. The van der Waals surface area contributed by atoms with E-state index in [1.807, 2.05) is 13.8 Å². The molecule has 22 heavy (non-hydrogen) atoms. The molecule has 0 saturated carbocycles. The summed E-state index contributed by atoms with van der Waals surface area (Å²) in [6.07, 6.45) is 2.09. The third-order valence-corrected chi connectivity index (χ3v) is 3.65. The molecule has 1 rings (SSSR count). The second-order valence-electron chi connectivity index (χ2n) is 6.24. The van der Waals surface area contributed by atoms with Crippen LogP contribution in [0.1, 0.15) is 33.6 Å². The van der Waals surface area contributed by atoms with Gasteiger partial charge in [0, 0.05) is 39.3 Å². The zero-order valence-corrected chi connectivity index (χ0v) is 14.6. The van der Waals surface area contributed by atoms with Gasteiger partial charge < -0.3 is 24.8 Å². The van der Waals surface area contributed by atoms with E-state index >= 15 is 0 Å². The summed E-state index contributed by atoms with van der Waals surface area (Å²) in [5, 5.41) is 6.57. The molecule has 0 aliphatic carbocycles. The van der Waals surface area contributed by atoms with Crippen molar-refractivity contribution in [2.45, 2.75) is 39.2 Å². The van der Waals surface area contributed by atoms with Gasteiger partial charge >= 0.3 is 0 Å². The van der Waals surface area contributed by atoms with Crippen LogP contribution < -0.4 is 10.6 Å². The zero-order valence-electron chi connectivity index (χ0n) is 14.6. The van der Waals surface area contributed by atoms with Gasteiger partial charge in [-0.25, -0.2) is 0 Å². The van der Waals surface area contributed by atoms with E-state index < -0.39 is 0 Å². The van der Waals surface area contributed by atoms with E-state index in [0.717, 1.165) is 58.3 Å². The van der Waals surface area contributed by atoms with Crippen LogP contribution in [-0.2, 0) is 14.2 Å². The van der Waals surface area contributed by atoms with E-state index in [2.05, 4.69) is 22.5 Å². The van der Waals surface area contributed by atoms with Crippen molar-refractivity contribution in [3.8, 4) is 0 Å². The number of rotatable bonds is 10. The predicted molar refractivity (Wildman–Crippen MR) is 89.4 cm³/mol. The van der Waals surface area contributed by atoms with Crippen LogP contribution in [0, 0.1) is 5.92 Å². The number of ether oxygens (including phenoxy) is 3. The molecule has 6 nitrogen and oxygen atoms in total. The first kappa shape index (κ1) is 19.2. The van der Waals surface area contributed by atoms with Gasteiger partial charge in [0.2, 0.25) is 0 Å². The van der Waals surface area contributed by atoms with Gasteiger partial charge in [-0.2, -0.15) is 0 Å². The molecule has 0 aromatic carbocycles. The van der Waals surface area contributed by atoms with Gasteiger partial charge in [0.1, 0.15) is 0 Å². The average molecular weight is 315 g/mol. The number of hydrogen-bond acceptors (Lipinski definition) is 4. The van der Waals surface area contributed by atoms with Crippen LogP contribution >= 0.6 is 0 Å². The second-order valence-corrected chi connectivity index (χ2v) is 6.24. The highest BCUT2D eigenvalue weighted by molar-refractivity contribution is 5.79. The topological polar surface area (TPSA) is 64.1 Å². The van der Waals surface area contributed by atoms with Gasteiger partial charge in [0.15, 0.2) is 5.96 Å². The summed E-state index contributed by atoms with van der Waals surface area (Å²) >= 11 is 0. The van der Waals surface area contributed by atoms with E-state index in [0.29, 0.717) is 12.5 Å². The number of hydrogen-bond donors (Lipinski definition) is 2. The fourth-order valence-electron chi connectivity index (χ4n) is 2.02. The quantitative estimate of drug-likeness (QED) is 0.362. The van der Waals surface area contributed by atoms with Crippen LogP contribution in [0.5, 0.6) is 0 Å². The van der Waals surface area contributed by atoms with Crippen LogP contribution in [-0.4, -0.2) is 64.7 Å². The Kier molecular flexibility index (Phi) is 9.43. The number of methoxy groups -OCH3 is 1. The van der Waals surface area contributed by atoms with E-state index in [1.54, 1.807) is 7.11 Å². The molecule has 0 amide bonds. The van der Waals surface area contributed by atoms with Gasteiger partial charge in [0.05, 0.1) is 25.4 Å². The summed E-state index contributed by atoms with van der Waals surface area (Å²) in [6.45, 7) is 11.8. The van der Waals surface area contributed by atoms with Crippen molar-refractivity contribution in [3.63, 3.8) is 0 Å². The highest BCUT2D eigenvalue weighted by atomic mass is 16.5. The lowest BCUT2D eigenvalue weighted by atomic mass is 10.1. The van der Waals surface area contributed by atoms with Gasteiger partial charge in [-0.1, -0.05) is 0 Å². The van der Waals surface area contributed by atoms with Crippen LogP contribution in [0.4, 0.5) is 0 Å². The van der Waals surface area contributed by atoms with Gasteiger partial charge in [-0.05, 0) is 33.6 Å². The Bertz CT molecular complexity index is 316. The van der Waals surface area contributed by atoms with Crippen LogP contribution in [0.15, 0.2) is 4.99 Å². The second kappa shape index (κ2) is 10.8. The number of nitrogens with one attached hydrogen (secondary N) is 2. The number of aliphatic imine (C=N–C) groups is 1. The lowest BCUT2D eigenvalue weighted by Gasteiger charge is -2.21. The van der Waals surface area contributed by atoms with Crippen molar-refractivity contribution >= 4 is 5.96 Å². The fourth-order valence-corrected chi connectivity index (χ4v) is 2.02. The minimum atomic E-state index is -0.241. The molecule has 1 heterocycles. The molecule has 1 unspecified atom stereocenters. The zero-order chi connectivity index (χ0) is 16.3. The number of guanidine groups is 1. The summed E-state index contributed by atoms with van der Waals surface area (Å²) < 4.78 is 16.4. The van der Waals surface area contributed by atoms with Crippen molar-refractivity contribution < 1.29 is 14.2 Å². The minimum Gasteiger partial charge on any atom is -0.381 e. The monoisotopic (exact) mass is 315 g/mol. The Morgan fingerprint density at radius 2 is 2.18 bits per heavy atom. The average Bonchev–Trinajstić information content (AvgIpc) is 3.01. The summed E-state index contributed by atoms with van der Waals surface area (Å²) in [5.41, 5.74) is -0.241. The highest BCUT2D eigenvalue weighted by Crippen LogP contribution is 2.12. The maximum atomic E-state index is 5.69. The molecule has 6 heteroatoms. The lowest BCUT2D eigenvalue weighted by Crippen LogP contribution is -2.39. The van der Waals surface area contributed by atoms with Crippen LogP contribution in [0.3, 0.4) is 0 Å². The van der Waals surface area contributed by atoms with Gasteiger partial charge in [-0.3, -0.25) is 4.99 Å². The summed E-state index contributed by atoms with van der Waals surface area (Å²) in [5.74, 6) is 1.42. The maximum Gasteiger partial charge on any atom is 0.191 e. The SMILES string of the molecule is CCNC(=NCC(C)(C)OC)NCCCOCC1CCOC1. The van der Waals surface area contributed by atoms with E-state index in [4.69, 9.17) is 14.2 Å². The molecule has 1 saturated heterocycles. The number of nitrogens with zero attached hydrogens (tertiary/aromatic N) is 1. The molecular formula is C16H33N3O3. The molecule has 2 N–H and O–H groups in total. The van der Waals surface area contributed by atoms with E-state index in [1.165, 1.54) is 0 Å². The molecule has 0 aromatic rings. The summed E-state index contributed by atoms with van der Waals surface area (Å²) in [6, 6.07) is 0. The summed E-state index contributed by atoms with van der Waals surface area (Å²) in [7, 11) is 1.71.